The predicted octanol–water partition coefficient (Wildman–Crippen LogP) is 2.55. The SMILES string of the molecule is Cc1ccc(-c2nc(C(=O)N[C@@H](C(=O)O)C(C)C)cs2)o1. The lowest BCUT2D eigenvalue weighted by atomic mass is 10.0. The minimum atomic E-state index is -1.06. The van der Waals surface area contributed by atoms with E-state index in [1.165, 1.54) is 11.3 Å². The topological polar surface area (TPSA) is 92.4 Å². The van der Waals surface area contributed by atoms with Crippen LogP contribution in [-0.4, -0.2) is 28.0 Å². The molecule has 0 radical (unpaired) electrons. The van der Waals surface area contributed by atoms with Crippen molar-refractivity contribution in [1.82, 2.24) is 10.3 Å². The molecule has 0 spiro atoms. The van der Waals surface area contributed by atoms with Crippen molar-refractivity contribution in [3.05, 3.63) is 29.0 Å². The first-order valence-corrected chi connectivity index (χ1v) is 7.32. The van der Waals surface area contributed by atoms with Gasteiger partial charge < -0.3 is 14.8 Å². The van der Waals surface area contributed by atoms with Crippen LogP contribution in [0.4, 0.5) is 0 Å². The van der Waals surface area contributed by atoms with Gasteiger partial charge in [-0.25, -0.2) is 9.78 Å². The van der Waals surface area contributed by atoms with Crippen LogP contribution in [0.3, 0.4) is 0 Å². The van der Waals surface area contributed by atoms with Crippen molar-refractivity contribution in [1.29, 1.82) is 0 Å². The molecule has 2 heterocycles. The highest BCUT2D eigenvalue weighted by Gasteiger charge is 2.25. The first kappa shape index (κ1) is 15.2. The van der Waals surface area contributed by atoms with E-state index < -0.39 is 17.9 Å². The Morgan fingerprint density at radius 2 is 2.10 bits per heavy atom. The van der Waals surface area contributed by atoms with Crippen molar-refractivity contribution >= 4 is 23.2 Å². The number of carbonyl (C=O) groups is 2. The standard InChI is InChI=1S/C14H16N2O4S/c1-7(2)11(14(18)19)16-12(17)9-6-21-13(15-9)10-5-4-8(3)20-10/h4-7,11H,1-3H3,(H,16,17)(H,18,19)/t11-/m1/s1. The quantitative estimate of drug-likeness (QED) is 0.885. The summed E-state index contributed by atoms with van der Waals surface area (Å²) in [7, 11) is 0. The molecule has 0 aromatic carbocycles. The number of amides is 1. The number of thiazole rings is 1. The highest BCUT2D eigenvalue weighted by Crippen LogP contribution is 2.25. The molecule has 0 aliphatic heterocycles. The van der Waals surface area contributed by atoms with E-state index in [1.807, 2.05) is 13.0 Å². The van der Waals surface area contributed by atoms with Gasteiger partial charge in [0, 0.05) is 5.38 Å². The third-order valence-corrected chi connectivity index (χ3v) is 3.76. The summed E-state index contributed by atoms with van der Waals surface area (Å²) in [6, 6.07) is 2.66. The van der Waals surface area contributed by atoms with E-state index >= 15 is 0 Å². The maximum atomic E-state index is 12.1. The molecular formula is C14H16N2O4S. The zero-order chi connectivity index (χ0) is 15.6. The van der Waals surface area contributed by atoms with Gasteiger partial charge >= 0.3 is 5.97 Å². The molecule has 0 fully saturated rings. The van der Waals surface area contributed by atoms with Crippen LogP contribution < -0.4 is 5.32 Å². The maximum Gasteiger partial charge on any atom is 0.326 e. The van der Waals surface area contributed by atoms with Gasteiger partial charge in [-0.15, -0.1) is 11.3 Å². The van der Waals surface area contributed by atoms with Crippen molar-refractivity contribution in [2.75, 3.05) is 0 Å². The molecule has 2 aromatic heterocycles. The minimum Gasteiger partial charge on any atom is -0.480 e. The number of carboxylic acids is 1. The lowest BCUT2D eigenvalue weighted by molar-refractivity contribution is -0.140. The fourth-order valence-corrected chi connectivity index (χ4v) is 2.53. The van der Waals surface area contributed by atoms with Crippen LogP contribution in [0.2, 0.25) is 0 Å². The third-order valence-electron chi connectivity index (χ3n) is 2.91. The van der Waals surface area contributed by atoms with Crippen LogP contribution in [0.1, 0.15) is 30.1 Å². The van der Waals surface area contributed by atoms with Crippen molar-refractivity contribution < 1.29 is 19.1 Å². The zero-order valence-electron chi connectivity index (χ0n) is 11.9. The van der Waals surface area contributed by atoms with Crippen LogP contribution >= 0.6 is 11.3 Å². The molecule has 112 valence electrons. The Hall–Kier alpha value is -2.15. The van der Waals surface area contributed by atoms with Gasteiger partial charge in [0.25, 0.3) is 5.91 Å². The first-order chi connectivity index (χ1) is 9.88. The fraction of sp³-hybridized carbons (Fsp3) is 0.357. The summed E-state index contributed by atoms with van der Waals surface area (Å²) in [6.45, 7) is 5.29. The van der Waals surface area contributed by atoms with Gasteiger partial charge in [-0.05, 0) is 25.0 Å². The fourth-order valence-electron chi connectivity index (χ4n) is 1.77. The molecule has 2 rings (SSSR count). The van der Waals surface area contributed by atoms with E-state index in [1.54, 1.807) is 25.3 Å². The number of nitrogens with zero attached hydrogens (tertiary/aromatic N) is 1. The molecular weight excluding hydrogens is 292 g/mol. The maximum absolute atomic E-state index is 12.1. The Balaban J connectivity index is 2.14. The zero-order valence-corrected chi connectivity index (χ0v) is 12.7. The van der Waals surface area contributed by atoms with E-state index in [0.29, 0.717) is 10.8 Å². The van der Waals surface area contributed by atoms with Gasteiger partial charge in [0.15, 0.2) is 10.8 Å². The summed E-state index contributed by atoms with van der Waals surface area (Å²) in [5, 5.41) is 13.7. The number of aromatic nitrogens is 1. The number of carbonyl (C=O) groups excluding carboxylic acids is 1. The largest absolute Gasteiger partial charge is 0.480 e. The summed E-state index contributed by atoms with van der Waals surface area (Å²) < 4.78 is 5.44. The predicted molar refractivity (Wildman–Crippen MR) is 78.3 cm³/mol. The number of furan rings is 1. The van der Waals surface area contributed by atoms with Crippen LogP contribution in [0, 0.1) is 12.8 Å². The molecule has 0 saturated heterocycles. The number of aryl methyl sites for hydroxylation is 1. The van der Waals surface area contributed by atoms with Crippen molar-refractivity contribution in [3.63, 3.8) is 0 Å². The van der Waals surface area contributed by atoms with Crippen LogP contribution in [0.5, 0.6) is 0 Å². The first-order valence-electron chi connectivity index (χ1n) is 6.44. The average molecular weight is 308 g/mol. The van der Waals surface area contributed by atoms with Crippen LogP contribution in [-0.2, 0) is 4.79 Å². The molecule has 0 unspecified atom stereocenters. The van der Waals surface area contributed by atoms with E-state index in [-0.39, 0.29) is 11.6 Å². The van der Waals surface area contributed by atoms with Crippen LogP contribution in [0.15, 0.2) is 21.9 Å². The van der Waals surface area contributed by atoms with Crippen molar-refractivity contribution in [3.8, 4) is 10.8 Å². The molecule has 0 aliphatic carbocycles. The molecule has 0 bridgehead atoms. The average Bonchev–Trinajstić information content (AvgIpc) is 3.03. The molecule has 0 saturated carbocycles. The van der Waals surface area contributed by atoms with E-state index in [0.717, 1.165) is 5.76 Å². The second kappa shape index (κ2) is 6.09. The molecule has 1 amide bonds. The Morgan fingerprint density at radius 1 is 1.38 bits per heavy atom. The minimum absolute atomic E-state index is 0.191. The van der Waals surface area contributed by atoms with Gasteiger partial charge in [0.05, 0.1) is 0 Å². The third kappa shape index (κ3) is 3.49. The summed E-state index contributed by atoms with van der Waals surface area (Å²) >= 11 is 1.28. The van der Waals surface area contributed by atoms with Gasteiger partial charge in [0.1, 0.15) is 17.5 Å². The summed E-state index contributed by atoms with van der Waals surface area (Å²) in [5.41, 5.74) is 0.191. The van der Waals surface area contributed by atoms with Gasteiger partial charge in [-0.3, -0.25) is 4.79 Å². The molecule has 7 heteroatoms. The second-order valence-corrected chi connectivity index (χ2v) is 5.84. The van der Waals surface area contributed by atoms with Gasteiger partial charge in [-0.2, -0.15) is 0 Å². The molecule has 6 nitrogen and oxygen atoms in total. The highest BCUT2D eigenvalue weighted by molar-refractivity contribution is 7.13. The van der Waals surface area contributed by atoms with Crippen LogP contribution in [0.25, 0.3) is 10.8 Å². The Labute approximate surface area is 125 Å². The number of rotatable bonds is 5. The molecule has 2 aromatic rings. The van der Waals surface area contributed by atoms with E-state index in [2.05, 4.69) is 10.3 Å². The monoisotopic (exact) mass is 308 g/mol. The normalized spacial score (nSPS) is 12.4. The number of hydrogen-bond donors (Lipinski definition) is 2. The molecule has 0 aliphatic rings. The summed E-state index contributed by atoms with van der Waals surface area (Å²) in [5.74, 6) is -0.415. The lowest BCUT2D eigenvalue weighted by Gasteiger charge is -2.16. The number of carboxylic acid groups (broad SMARTS) is 1. The number of nitrogens with one attached hydrogen (secondary N) is 1. The van der Waals surface area contributed by atoms with E-state index in [9.17, 15) is 9.59 Å². The smallest absolute Gasteiger partial charge is 0.326 e. The van der Waals surface area contributed by atoms with Crippen molar-refractivity contribution in [2.45, 2.75) is 26.8 Å². The lowest BCUT2D eigenvalue weighted by Crippen LogP contribution is -2.44. The van der Waals surface area contributed by atoms with Gasteiger partial charge in [-0.1, -0.05) is 13.8 Å². The van der Waals surface area contributed by atoms with Crippen molar-refractivity contribution in [2.24, 2.45) is 5.92 Å². The van der Waals surface area contributed by atoms with E-state index in [4.69, 9.17) is 9.52 Å². The number of aliphatic carboxylic acids is 1. The molecule has 2 N–H and O–H groups in total. The Kier molecular flexibility index (Phi) is 4.42. The molecule has 1 atom stereocenters. The number of hydrogen-bond acceptors (Lipinski definition) is 5. The Morgan fingerprint density at radius 3 is 2.62 bits per heavy atom. The Bertz CT molecular complexity index is 659. The van der Waals surface area contributed by atoms with Gasteiger partial charge in [0.2, 0.25) is 0 Å². The highest BCUT2D eigenvalue weighted by atomic mass is 32.1. The molecule has 21 heavy (non-hydrogen) atoms. The second-order valence-electron chi connectivity index (χ2n) is 4.98. The summed E-state index contributed by atoms with van der Waals surface area (Å²) in [6.07, 6.45) is 0. The summed E-state index contributed by atoms with van der Waals surface area (Å²) in [4.78, 5) is 27.3.